The number of nitrogens with zero attached hydrogens (tertiary/aromatic N) is 1. The molecule has 0 bridgehead atoms. The Morgan fingerprint density at radius 2 is 1.79 bits per heavy atom. The molecule has 0 unspecified atom stereocenters. The Labute approximate surface area is 94.2 Å². The van der Waals surface area contributed by atoms with Gasteiger partial charge in [-0.2, -0.15) is 0 Å². The van der Waals surface area contributed by atoms with Gasteiger partial charge in [0.1, 0.15) is 0 Å². The van der Waals surface area contributed by atoms with Gasteiger partial charge in [0.25, 0.3) is 0 Å². The molecule has 1 saturated heterocycles. The van der Waals surface area contributed by atoms with Gasteiger partial charge in [0.05, 0.1) is 5.33 Å². The lowest BCUT2D eigenvalue weighted by Gasteiger charge is -2.41. The summed E-state index contributed by atoms with van der Waals surface area (Å²) in [5.74, 6) is 0.296. The van der Waals surface area contributed by atoms with Crippen LogP contribution in [0.25, 0.3) is 0 Å². The van der Waals surface area contributed by atoms with Crippen molar-refractivity contribution in [3.63, 3.8) is 0 Å². The average Bonchev–Trinajstić information content (AvgIpc) is 2.62. The molecule has 1 heterocycles. The Balaban J connectivity index is 2.11. The minimum absolute atomic E-state index is 0.267. The zero-order valence-corrected chi connectivity index (χ0v) is 10.2. The number of likely N-dealkylation sites (tertiary alicyclic amines) is 1. The molecule has 1 saturated carbocycles. The normalized spacial score (nSPS) is 25.6. The van der Waals surface area contributed by atoms with E-state index in [0.29, 0.717) is 11.2 Å². The van der Waals surface area contributed by atoms with E-state index in [1.54, 1.807) is 0 Å². The minimum Gasteiger partial charge on any atom is -0.336 e. The summed E-state index contributed by atoms with van der Waals surface area (Å²) >= 11 is 3.28. The van der Waals surface area contributed by atoms with Crippen molar-refractivity contribution >= 4 is 21.8 Å². The fraction of sp³-hybridized carbons (Fsp3) is 0.909. The summed E-state index contributed by atoms with van der Waals surface area (Å²) < 4.78 is 0. The van der Waals surface area contributed by atoms with Crippen molar-refractivity contribution in [3.05, 3.63) is 0 Å². The van der Waals surface area contributed by atoms with Crippen LogP contribution in [0.1, 0.15) is 44.9 Å². The largest absolute Gasteiger partial charge is 0.336 e. The first-order chi connectivity index (χ1) is 6.78. The van der Waals surface area contributed by atoms with Gasteiger partial charge in [-0.25, -0.2) is 0 Å². The monoisotopic (exact) mass is 259 g/mol. The second-order valence-corrected chi connectivity index (χ2v) is 5.13. The van der Waals surface area contributed by atoms with Crippen molar-refractivity contribution in [1.82, 2.24) is 4.90 Å². The molecule has 0 N–H and O–H groups in total. The van der Waals surface area contributed by atoms with Crippen LogP contribution in [0.4, 0.5) is 0 Å². The average molecular weight is 260 g/mol. The summed E-state index contributed by atoms with van der Waals surface area (Å²) in [7, 11) is 0. The van der Waals surface area contributed by atoms with Gasteiger partial charge >= 0.3 is 0 Å². The predicted octanol–water partition coefficient (Wildman–Crippen LogP) is 2.71. The Morgan fingerprint density at radius 3 is 2.43 bits per heavy atom. The van der Waals surface area contributed by atoms with Crippen molar-refractivity contribution in [3.8, 4) is 0 Å². The zero-order valence-electron chi connectivity index (χ0n) is 8.60. The van der Waals surface area contributed by atoms with Crippen LogP contribution in [0.5, 0.6) is 0 Å². The summed E-state index contributed by atoms with van der Waals surface area (Å²) in [6, 6.07) is 0. The molecule has 14 heavy (non-hydrogen) atoms. The van der Waals surface area contributed by atoms with Crippen LogP contribution in [0, 0.1) is 0 Å². The molecule has 2 nitrogen and oxygen atoms in total. The van der Waals surface area contributed by atoms with E-state index in [1.807, 2.05) is 0 Å². The maximum Gasteiger partial charge on any atom is 0.233 e. The molecule has 2 fully saturated rings. The molecule has 0 atom stereocenters. The first-order valence-corrected chi connectivity index (χ1v) is 6.77. The molecule has 1 aliphatic carbocycles. The number of halogens is 1. The fourth-order valence-electron chi connectivity index (χ4n) is 3.13. The van der Waals surface area contributed by atoms with Crippen LogP contribution in [0.15, 0.2) is 0 Å². The summed E-state index contributed by atoms with van der Waals surface area (Å²) in [4.78, 5) is 13.9. The Bertz CT molecular complexity index is 223. The molecule has 0 aromatic heterocycles. The molecule has 80 valence electrons. The maximum atomic E-state index is 11.8. The predicted molar refractivity (Wildman–Crippen MR) is 60.6 cm³/mol. The molecule has 0 radical (unpaired) electrons. The summed E-state index contributed by atoms with van der Waals surface area (Å²) in [6.07, 6.45) is 8.91. The van der Waals surface area contributed by atoms with Crippen LogP contribution in [0.2, 0.25) is 0 Å². The van der Waals surface area contributed by atoms with Crippen LogP contribution >= 0.6 is 15.9 Å². The topological polar surface area (TPSA) is 20.3 Å². The van der Waals surface area contributed by atoms with Gasteiger partial charge in [-0.15, -0.1) is 0 Å². The SMILES string of the molecule is O=C(CBr)N1CCCC12CCCCC2. The van der Waals surface area contributed by atoms with E-state index in [9.17, 15) is 4.79 Å². The zero-order chi connectivity index (χ0) is 10.0. The van der Waals surface area contributed by atoms with Crippen molar-refractivity contribution in [2.75, 3.05) is 11.9 Å². The van der Waals surface area contributed by atoms with E-state index in [0.717, 1.165) is 6.54 Å². The van der Waals surface area contributed by atoms with Crippen LogP contribution in [-0.2, 0) is 4.79 Å². The molecule has 1 amide bonds. The van der Waals surface area contributed by atoms with Gasteiger partial charge in [0.15, 0.2) is 0 Å². The third kappa shape index (κ3) is 1.71. The fourth-order valence-corrected chi connectivity index (χ4v) is 3.43. The van der Waals surface area contributed by atoms with Crippen molar-refractivity contribution in [2.24, 2.45) is 0 Å². The second kappa shape index (κ2) is 4.21. The van der Waals surface area contributed by atoms with E-state index < -0.39 is 0 Å². The molecular weight excluding hydrogens is 242 g/mol. The first-order valence-electron chi connectivity index (χ1n) is 5.65. The van der Waals surface area contributed by atoms with Gasteiger partial charge in [-0.3, -0.25) is 4.79 Å². The maximum absolute atomic E-state index is 11.8. The van der Waals surface area contributed by atoms with Gasteiger partial charge in [-0.05, 0) is 25.7 Å². The lowest BCUT2D eigenvalue weighted by Crippen LogP contribution is -2.48. The lowest BCUT2D eigenvalue weighted by atomic mass is 9.80. The van der Waals surface area contributed by atoms with Crippen molar-refractivity contribution in [1.29, 1.82) is 0 Å². The number of rotatable bonds is 1. The second-order valence-electron chi connectivity index (χ2n) is 4.57. The molecule has 3 heteroatoms. The highest BCUT2D eigenvalue weighted by Crippen LogP contribution is 2.41. The number of hydrogen-bond donors (Lipinski definition) is 0. The highest BCUT2D eigenvalue weighted by molar-refractivity contribution is 9.09. The number of carbonyl (C=O) groups excluding carboxylic acids is 1. The molecule has 1 aliphatic heterocycles. The van der Waals surface area contributed by atoms with Gasteiger partial charge in [0, 0.05) is 12.1 Å². The Kier molecular flexibility index (Phi) is 3.15. The van der Waals surface area contributed by atoms with E-state index in [4.69, 9.17) is 0 Å². The summed E-state index contributed by atoms with van der Waals surface area (Å²) in [5, 5.41) is 0.495. The Hall–Kier alpha value is -0.0500. The lowest BCUT2D eigenvalue weighted by molar-refractivity contribution is -0.133. The molecule has 1 spiro atoms. The van der Waals surface area contributed by atoms with Crippen molar-refractivity contribution in [2.45, 2.75) is 50.5 Å². The molecule has 2 rings (SSSR count). The minimum atomic E-state index is 0.267. The first kappa shape index (κ1) is 10.5. The number of hydrogen-bond acceptors (Lipinski definition) is 1. The number of carbonyl (C=O) groups is 1. The third-order valence-electron chi connectivity index (χ3n) is 3.80. The standard InChI is InChI=1S/C11H18BrNO/c12-9-10(14)13-8-4-7-11(13)5-2-1-3-6-11/h1-9H2. The van der Waals surface area contributed by atoms with Crippen molar-refractivity contribution < 1.29 is 4.79 Å². The molecule has 2 aliphatic rings. The summed E-state index contributed by atoms with van der Waals surface area (Å²) in [6.45, 7) is 0.991. The van der Waals surface area contributed by atoms with Crippen LogP contribution < -0.4 is 0 Å². The highest BCUT2D eigenvalue weighted by Gasteiger charge is 2.43. The van der Waals surface area contributed by atoms with E-state index >= 15 is 0 Å². The van der Waals surface area contributed by atoms with Crippen LogP contribution in [0.3, 0.4) is 0 Å². The van der Waals surface area contributed by atoms with E-state index in [-0.39, 0.29) is 5.54 Å². The smallest absolute Gasteiger partial charge is 0.233 e. The third-order valence-corrected chi connectivity index (χ3v) is 4.28. The molecule has 0 aromatic rings. The quantitative estimate of drug-likeness (QED) is 0.664. The van der Waals surface area contributed by atoms with E-state index in [1.165, 1.54) is 44.9 Å². The summed E-state index contributed by atoms with van der Waals surface area (Å²) in [5.41, 5.74) is 0.267. The van der Waals surface area contributed by atoms with E-state index in [2.05, 4.69) is 20.8 Å². The van der Waals surface area contributed by atoms with Crippen LogP contribution in [-0.4, -0.2) is 28.2 Å². The highest BCUT2D eigenvalue weighted by atomic mass is 79.9. The number of alkyl halides is 1. The van der Waals surface area contributed by atoms with Gasteiger partial charge < -0.3 is 4.90 Å². The van der Waals surface area contributed by atoms with Gasteiger partial charge in [-0.1, -0.05) is 35.2 Å². The molecule has 0 aromatic carbocycles. The van der Waals surface area contributed by atoms with Gasteiger partial charge in [0.2, 0.25) is 5.91 Å². The molecular formula is C11H18BrNO. The number of amides is 1. The Morgan fingerprint density at radius 1 is 1.14 bits per heavy atom.